The zero-order chi connectivity index (χ0) is 31.7. The van der Waals surface area contributed by atoms with E-state index in [1.165, 1.54) is 82.8 Å². The number of rotatable bonds is 4. The van der Waals surface area contributed by atoms with Crippen LogP contribution in [0.3, 0.4) is 0 Å². The fourth-order valence-electron chi connectivity index (χ4n) is 8.50. The minimum atomic E-state index is -0.532. The lowest BCUT2D eigenvalue weighted by molar-refractivity contribution is 0.768. The molecule has 0 N–H and O–H groups in total. The molecule has 0 saturated heterocycles. The van der Waals surface area contributed by atoms with Gasteiger partial charge in [-0.25, -0.2) is 0 Å². The molecular weight excluding hydrogens is 579 g/mol. The Kier molecular flexibility index (Phi) is 5.86. The second-order valence-electron chi connectivity index (χ2n) is 12.8. The summed E-state index contributed by atoms with van der Waals surface area (Å²) in [4.78, 5) is 0. The Bertz CT molecular complexity index is 2550. The smallest absolute Gasteiger partial charge is 0.0714 e. The van der Waals surface area contributed by atoms with Gasteiger partial charge in [0, 0.05) is 16.2 Å². The molecule has 10 rings (SSSR count). The Morgan fingerprint density at radius 1 is 0.354 bits per heavy atom. The Morgan fingerprint density at radius 2 is 0.854 bits per heavy atom. The molecule has 0 atom stereocenters. The minimum absolute atomic E-state index is 0.532. The van der Waals surface area contributed by atoms with Crippen molar-refractivity contribution in [1.82, 2.24) is 4.57 Å². The number of hydrogen-bond acceptors (Lipinski definition) is 0. The lowest BCUT2D eigenvalue weighted by Crippen LogP contribution is -2.28. The van der Waals surface area contributed by atoms with E-state index < -0.39 is 5.41 Å². The minimum Gasteiger partial charge on any atom is -0.309 e. The summed E-state index contributed by atoms with van der Waals surface area (Å²) in [7, 11) is 0. The quantitative estimate of drug-likeness (QED) is 0.187. The molecule has 0 bridgehead atoms. The Balaban J connectivity index is 1.41. The van der Waals surface area contributed by atoms with Gasteiger partial charge in [0.25, 0.3) is 0 Å². The summed E-state index contributed by atoms with van der Waals surface area (Å²) in [5.74, 6) is 0. The van der Waals surface area contributed by atoms with E-state index in [-0.39, 0.29) is 0 Å². The third-order valence-corrected chi connectivity index (χ3v) is 10.5. The van der Waals surface area contributed by atoms with Crippen LogP contribution in [0.25, 0.3) is 60.5 Å². The van der Waals surface area contributed by atoms with Crippen molar-refractivity contribution in [3.8, 4) is 27.9 Å². The summed E-state index contributed by atoms with van der Waals surface area (Å²) in [5, 5.41) is 5.06. The van der Waals surface area contributed by atoms with E-state index in [0.717, 1.165) is 0 Å². The van der Waals surface area contributed by atoms with E-state index in [1.807, 2.05) is 0 Å². The highest BCUT2D eigenvalue weighted by atomic mass is 15.0. The summed E-state index contributed by atoms with van der Waals surface area (Å²) in [6.45, 7) is 0. The molecule has 1 aliphatic rings. The number of benzene rings is 8. The van der Waals surface area contributed by atoms with E-state index >= 15 is 0 Å². The Morgan fingerprint density at radius 3 is 1.46 bits per heavy atom. The molecule has 0 saturated carbocycles. The van der Waals surface area contributed by atoms with E-state index in [9.17, 15) is 0 Å². The first-order chi connectivity index (χ1) is 23.8. The molecule has 0 radical (unpaired) electrons. The number of para-hydroxylation sites is 2. The second kappa shape index (κ2) is 10.4. The SMILES string of the molecule is c1ccc(-c2ccc3c(c2)C(c2ccccc2)(c2ccccc2)c2cc(-n4c5ccccc5c5ccccc54)c4ccccc4c2-3)cc1. The fourth-order valence-corrected chi connectivity index (χ4v) is 8.50. The topological polar surface area (TPSA) is 4.93 Å². The maximum Gasteiger partial charge on any atom is 0.0714 e. The first-order valence-corrected chi connectivity index (χ1v) is 16.7. The monoisotopic (exact) mass is 609 g/mol. The number of hydrogen-bond donors (Lipinski definition) is 0. The molecule has 1 aliphatic carbocycles. The molecule has 48 heavy (non-hydrogen) atoms. The van der Waals surface area contributed by atoms with E-state index in [2.05, 4.69) is 193 Å². The Hall–Kier alpha value is -6.18. The predicted molar refractivity (Wildman–Crippen MR) is 201 cm³/mol. The van der Waals surface area contributed by atoms with Gasteiger partial charge < -0.3 is 4.57 Å². The molecule has 0 aliphatic heterocycles. The summed E-state index contributed by atoms with van der Waals surface area (Å²) < 4.78 is 2.49. The van der Waals surface area contributed by atoms with Gasteiger partial charge >= 0.3 is 0 Å². The molecule has 1 heteroatoms. The van der Waals surface area contributed by atoms with Gasteiger partial charge in [-0.15, -0.1) is 0 Å². The average molecular weight is 610 g/mol. The van der Waals surface area contributed by atoms with Crippen molar-refractivity contribution in [3.63, 3.8) is 0 Å². The van der Waals surface area contributed by atoms with Crippen LogP contribution in [0, 0.1) is 0 Å². The van der Waals surface area contributed by atoms with Crippen LogP contribution in [0.1, 0.15) is 22.3 Å². The summed E-state index contributed by atoms with van der Waals surface area (Å²) >= 11 is 0. The molecule has 1 nitrogen and oxygen atoms in total. The van der Waals surface area contributed by atoms with Gasteiger partial charge in [-0.2, -0.15) is 0 Å². The van der Waals surface area contributed by atoms with Crippen molar-refractivity contribution in [2.24, 2.45) is 0 Å². The highest BCUT2D eigenvalue weighted by Gasteiger charge is 2.47. The van der Waals surface area contributed by atoms with Gasteiger partial charge in [-0.1, -0.05) is 164 Å². The van der Waals surface area contributed by atoms with Crippen molar-refractivity contribution >= 4 is 32.6 Å². The van der Waals surface area contributed by atoms with E-state index in [1.54, 1.807) is 0 Å². The van der Waals surface area contributed by atoms with Gasteiger partial charge in [0.2, 0.25) is 0 Å². The largest absolute Gasteiger partial charge is 0.309 e. The molecule has 8 aromatic carbocycles. The van der Waals surface area contributed by atoms with Crippen molar-refractivity contribution in [3.05, 3.63) is 210 Å². The zero-order valence-corrected chi connectivity index (χ0v) is 26.3. The molecule has 0 spiro atoms. The molecule has 1 heterocycles. The maximum atomic E-state index is 2.51. The van der Waals surface area contributed by atoms with Crippen LogP contribution in [-0.2, 0) is 5.41 Å². The molecule has 224 valence electrons. The predicted octanol–water partition coefficient (Wildman–Crippen LogP) is 12.0. The van der Waals surface area contributed by atoms with Crippen LogP contribution in [0.2, 0.25) is 0 Å². The van der Waals surface area contributed by atoms with Gasteiger partial charge in [0.15, 0.2) is 0 Å². The highest BCUT2D eigenvalue weighted by Crippen LogP contribution is 2.59. The normalized spacial score (nSPS) is 13.2. The van der Waals surface area contributed by atoms with Crippen molar-refractivity contribution in [2.75, 3.05) is 0 Å². The summed E-state index contributed by atoms with van der Waals surface area (Å²) in [5.41, 5.74) is 13.3. The molecule has 0 fully saturated rings. The second-order valence-corrected chi connectivity index (χ2v) is 12.8. The third-order valence-electron chi connectivity index (χ3n) is 10.5. The van der Waals surface area contributed by atoms with E-state index in [4.69, 9.17) is 0 Å². The van der Waals surface area contributed by atoms with Crippen LogP contribution in [0.15, 0.2) is 188 Å². The number of nitrogens with zero attached hydrogens (tertiary/aromatic N) is 1. The van der Waals surface area contributed by atoms with Crippen molar-refractivity contribution < 1.29 is 0 Å². The van der Waals surface area contributed by atoms with Crippen LogP contribution in [0.4, 0.5) is 0 Å². The maximum absolute atomic E-state index is 2.51. The van der Waals surface area contributed by atoms with Crippen LogP contribution in [-0.4, -0.2) is 4.57 Å². The number of fused-ring (bicyclic) bond motifs is 8. The van der Waals surface area contributed by atoms with Crippen molar-refractivity contribution in [2.45, 2.75) is 5.41 Å². The van der Waals surface area contributed by atoms with Gasteiger partial charge in [-0.05, 0) is 74.2 Å². The van der Waals surface area contributed by atoms with Crippen molar-refractivity contribution in [1.29, 1.82) is 0 Å². The third kappa shape index (κ3) is 3.67. The number of aromatic nitrogens is 1. The van der Waals surface area contributed by atoms with E-state index in [0.29, 0.717) is 0 Å². The fraction of sp³-hybridized carbons (Fsp3) is 0.0213. The first kappa shape index (κ1) is 27.0. The van der Waals surface area contributed by atoms with Crippen LogP contribution in [0.5, 0.6) is 0 Å². The standard InChI is InChI=1S/C47H31N/c1-4-16-32(17-5-1)33-28-29-40-41(30-33)47(34-18-6-2-7-19-34,35-20-8-3-9-21-35)42-31-45(38-24-10-11-25-39(38)46(40)42)48-43-26-14-12-22-36(43)37-23-13-15-27-44(37)48/h1-31H. The van der Waals surface area contributed by atoms with Crippen LogP contribution < -0.4 is 0 Å². The lowest BCUT2D eigenvalue weighted by atomic mass is 9.67. The lowest BCUT2D eigenvalue weighted by Gasteiger charge is -2.34. The highest BCUT2D eigenvalue weighted by molar-refractivity contribution is 6.13. The first-order valence-electron chi connectivity index (χ1n) is 16.7. The molecule has 1 aromatic heterocycles. The molecule has 0 unspecified atom stereocenters. The molecule has 9 aromatic rings. The van der Waals surface area contributed by atoms with Gasteiger partial charge in [-0.3, -0.25) is 0 Å². The van der Waals surface area contributed by atoms with Gasteiger partial charge in [0.1, 0.15) is 0 Å². The summed E-state index contributed by atoms with van der Waals surface area (Å²) in [6, 6.07) is 69.4. The average Bonchev–Trinajstić information content (AvgIpc) is 3.66. The Labute approximate surface area is 280 Å². The molecular formula is C47H31N. The van der Waals surface area contributed by atoms with Gasteiger partial charge in [0.05, 0.1) is 22.1 Å². The zero-order valence-electron chi connectivity index (χ0n) is 26.3. The van der Waals surface area contributed by atoms with Crippen LogP contribution >= 0.6 is 0 Å². The summed E-state index contributed by atoms with van der Waals surface area (Å²) in [6.07, 6.45) is 0. The molecule has 0 amide bonds.